The molecule has 0 bridgehead atoms. The van der Waals surface area contributed by atoms with Gasteiger partial charge in [-0.25, -0.2) is 8.42 Å². The molecule has 0 unspecified atom stereocenters. The van der Waals surface area contributed by atoms with Gasteiger partial charge in [0, 0.05) is 29.2 Å². The number of hydrogen-bond acceptors (Lipinski definition) is 4. The molecule has 10 heteroatoms. The van der Waals surface area contributed by atoms with Gasteiger partial charge in [-0.2, -0.15) is 0 Å². The van der Waals surface area contributed by atoms with Gasteiger partial charge in [0.1, 0.15) is 12.6 Å². The van der Waals surface area contributed by atoms with Gasteiger partial charge in [-0.15, -0.1) is 0 Å². The zero-order valence-electron chi connectivity index (χ0n) is 20.8. The standard InChI is InChI=1S/C27H29Cl2N3O4S/c1-4-25(27(34)30-3)31(17-22-23(28)11-8-12-24(22)29)26(33)18-32(20-9-6-5-7-10-20)37(35,36)21-15-13-19(2)14-16-21/h5-16,25H,4,17-18H2,1-3H3,(H,30,34)/t25-/m1/s1. The van der Waals surface area contributed by atoms with E-state index in [2.05, 4.69) is 5.32 Å². The molecule has 1 N–H and O–H groups in total. The van der Waals surface area contributed by atoms with E-state index in [1.54, 1.807) is 67.6 Å². The zero-order valence-corrected chi connectivity index (χ0v) is 23.1. The van der Waals surface area contributed by atoms with Crippen molar-refractivity contribution in [3.05, 3.63) is 94.0 Å². The maximum Gasteiger partial charge on any atom is 0.264 e. The van der Waals surface area contributed by atoms with Crippen LogP contribution in [0.5, 0.6) is 0 Å². The third-order valence-electron chi connectivity index (χ3n) is 5.95. The number of amides is 2. The van der Waals surface area contributed by atoms with E-state index in [0.717, 1.165) is 9.87 Å². The Morgan fingerprint density at radius 2 is 1.51 bits per heavy atom. The first-order valence-electron chi connectivity index (χ1n) is 11.7. The van der Waals surface area contributed by atoms with E-state index in [1.807, 2.05) is 6.92 Å². The first-order chi connectivity index (χ1) is 17.6. The summed E-state index contributed by atoms with van der Waals surface area (Å²) in [6.07, 6.45) is 0.295. The first kappa shape index (κ1) is 28.5. The molecule has 7 nitrogen and oxygen atoms in total. The molecule has 2 amide bonds. The van der Waals surface area contributed by atoms with Crippen LogP contribution in [0, 0.1) is 6.92 Å². The number of carbonyl (C=O) groups is 2. The van der Waals surface area contributed by atoms with Crippen molar-refractivity contribution in [2.24, 2.45) is 0 Å². The summed E-state index contributed by atoms with van der Waals surface area (Å²) >= 11 is 12.8. The van der Waals surface area contributed by atoms with Gasteiger partial charge in [-0.1, -0.05) is 72.1 Å². The molecule has 0 saturated carbocycles. The molecule has 0 fully saturated rings. The highest BCUT2D eigenvalue weighted by Crippen LogP contribution is 2.28. The van der Waals surface area contributed by atoms with Crippen LogP contribution >= 0.6 is 23.2 Å². The predicted molar refractivity (Wildman–Crippen MR) is 147 cm³/mol. The lowest BCUT2D eigenvalue weighted by Gasteiger charge is -2.33. The van der Waals surface area contributed by atoms with Crippen molar-refractivity contribution >= 4 is 50.7 Å². The van der Waals surface area contributed by atoms with Crippen LogP contribution in [0.25, 0.3) is 0 Å². The van der Waals surface area contributed by atoms with E-state index in [0.29, 0.717) is 27.7 Å². The van der Waals surface area contributed by atoms with Crippen LogP contribution in [0.3, 0.4) is 0 Å². The van der Waals surface area contributed by atoms with Crippen molar-refractivity contribution < 1.29 is 18.0 Å². The number of sulfonamides is 1. The summed E-state index contributed by atoms with van der Waals surface area (Å²) in [4.78, 5) is 28.0. The first-order valence-corrected chi connectivity index (χ1v) is 13.9. The Balaban J connectivity index is 2.07. The maximum absolute atomic E-state index is 13.9. The maximum atomic E-state index is 13.9. The molecule has 1 atom stereocenters. The number of nitrogens with zero attached hydrogens (tertiary/aromatic N) is 2. The van der Waals surface area contributed by atoms with Gasteiger partial charge in [0.05, 0.1) is 10.6 Å². The fraction of sp³-hybridized carbons (Fsp3) is 0.259. The fourth-order valence-corrected chi connectivity index (χ4v) is 5.83. The molecule has 0 aliphatic carbocycles. The molecule has 0 radical (unpaired) electrons. The molecule has 3 rings (SSSR count). The molecule has 0 saturated heterocycles. The smallest absolute Gasteiger partial charge is 0.264 e. The van der Waals surface area contributed by atoms with Gasteiger partial charge in [-0.05, 0) is 49.7 Å². The van der Waals surface area contributed by atoms with Crippen LogP contribution in [-0.4, -0.2) is 44.8 Å². The fourth-order valence-electron chi connectivity index (χ4n) is 3.90. The third kappa shape index (κ3) is 6.63. The summed E-state index contributed by atoms with van der Waals surface area (Å²) in [5.74, 6) is -0.961. The Hall–Kier alpha value is -3.07. The van der Waals surface area contributed by atoms with Crippen molar-refractivity contribution in [2.75, 3.05) is 17.9 Å². The lowest BCUT2D eigenvalue weighted by molar-refractivity contribution is -0.140. The summed E-state index contributed by atoms with van der Waals surface area (Å²) in [5.41, 5.74) is 1.69. The van der Waals surface area contributed by atoms with Crippen LogP contribution in [0.4, 0.5) is 5.69 Å². The van der Waals surface area contributed by atoms with Crippen LogP contribution in [-0.2, 0) is 26.2 Å². The Bertz CT molecular complexity index is 1330. The molecular weight excluding hydrogens is 533 g/mol. The van der Waals surface area contributed by atoms with Gasteiger partial charge in [-0.3, -0.25) is 13.9 Å². The second-order valence-corrected chi connectivity index (χ2v) is 11.1. The largest absolute Gasteiger partial charge is 0.357 e. The molecule has 3 aromatic rings. The predicted octanol–water partition coefficient (Wildman–Crippen LogP) is 5.05. The molecule has 0 heterocycles. The molecule has 0 aromatic heterocycles. The van der Waals surface area contributed by atoms with Gasteiger partial charge < -0.3 is 10.2 Å². The Morgan fingerprint density at radius 1 is 0.919 bits per heavy atom. The molecule has 37 heavy (non-hydrogen) atoms. The number of para-hydroxylation sites is 1. The quantitative estimate of drug-likeness (QED) is 0.375. The van der Waals surface area contributed by atoms with Crippen LogP contribution in [0.15, 0.2) is 77.7 Å². The average Bonchev–Trinajstić information content (AvgIpc) is 2.89. The number of anilines is 1. The second kappa shape index (κ2) is 12.4. The zero-order chi connectivity index (χ0) is 27.2. The normalized spacial score (nSPS) is 12.0. The minimum absolute atomic E-state index is 0.0498. The van der Waals surface area contributed by atoms with Gasteiger partial charge in [0.2, 0.25) is 11.8 Å². The van der Waals surface area contributed by atoms with E-state index < -0.39 is 28.5 Å². The Labute approximate surface area is 228 Å². The average molecular weight is 563 g/mol. The Kier molecular flexibility index (Phi) is 9.59. The topological polar surface area (TPSA) is 86.8 Å². The highest BCUT2D eigenvalue weighted by atomic mass is 35.5. The van der Waals surface area contributed by atoms with Gasteiger partial charge >= 0.3 is 0 Å². The number of likely N-dealkylation sites (N-methyl/N-ethyl adjacent to an activating group) is 1. The monoisotopic (exact) mass is 561 g/mol. The summed E-state index contributed by atoms with van der Waals surface area (Å²) in [6.45, 7) is 3.02. The lowest BCUT2D eigenvalue weighted by Crippen LogP contribution is -2.51. The number of halogens is 2. The number of hydrogen-bond donors (Lipinski definition) is 1. The van der Waals surface area contributed by atoms with Crippen LogP contribution in [0.1, 0.15) is 24.5 Å². The summed E-state index contributed by atoms with van der Waals surface area (Å²) in [5, 5.41) is 3.26. The SMILES string of the molecule is CC[C@H](C(=O)NC)N(Cc1c(Cl)cccc1Cl)C(=O)CN(c1ccccc1)S(=O)(=O)c1ccc(C)cc1. The molecule has 3 aromatic carbocycles. The Morgan fingerprint density at radius 3 is 2.05 bits per heavy atom. The second-order valence-electron chi connectivity index (χ2n) is 8.42. The van der Waals surface area contributed by atoms with Crippen molar-refractivity contribution in [2.45, 2.75) is 37.8 Å². The van der Waals surface area contributed by atoms with E-state index >= 15 is 0 Å². The highest BCUT2D eigenvalue weighted by Gasteiger charge is 2.33. The van der Waals surface area contributed by atoms with E-state index in [-0.39, 0.29) is 17.3 Å². The molecular formula is C27H29Cl2N3O4S. The summed E-state index contributed by atoms with van der Waals surface area (Å²) in [6, 6.07) is 18.9. The summed E-state index contributed by atoms with van der Waals surface area (Å²) < 4.78 is 28.5. The minimum atomic E-state index is -4.11. The molecule has 0 spiro atoms. The van der Waals surface area contributed by atoms with Crippen molar-refractivity contribution in [1.29, 1.82) is 0 Å². The third-order valence-corrected chi connectivity index (χ3v) is 8.45. The van der Waals surface area contributed by atoms with Crippen molar-refractivity contribution in [3.63, 3.8) is 0 Å². The lowest BCUT2D eigenvalue weighted by atomic mass is 10.1. The number of carbonyl (C=O) groups excluding carboxylic acids is 2. The van der Waals surface area contributed by atoms with E-state index in [9.17, 15) is 18.0 Å². The van der Waals surface area contributed by atoms with Crippen molar-refractivity contribution in [1.82, 2.24) is 10.2 Å². The van der Waals surface area contributed by atoms with Gasteiger partial charge in [0.25, 0.3) is 10.0 Å². The molecule has 0 aliphatic rings. The van der Waals surface area contributed by atoms with Crippen molar-refractivity contribution in [3.8, 4) is 0 Å². The van der Waals surface area contributed by atoms with Crippen LogP contribution < -0.4 is 9.62 Å². The van der Waals surface area contributed by atoms with Gasteiger partial charge in [0.15, 0.2) is 0 Å². The summed E-state index contributed by atoms with van der Waals surface area (Å²) in [7, 11) is -2.63. The van der Waals surface area contributed by atoms with Crippen LogP contribution in [0.2, 0.25) is 10.0 Å². The number of benzene rings is 3. The van der Waals surface area contributed by atoms with E-state index in [4.69, 9.17) is 23.2 Å². The van der Waals surface area contributed by atoms with E-state index in [1.165, 1.54) is 24.1 Å². The number of aryl methyl sites for hydroxylation is 1. The molecule has 196 valence electrons. The number of nitrogens with one attached hydrogen (secondary N) is 1. The highest BCUT2D eigenvalue weighted by molar-refractivity contribution is 7.92. The number of rotatable bonds is 10. The minimum Gasteiger partial charge on any atom is -0.357 e. The molecule has 0 aliphatic heterocycles.